The third kappa shape index (κ3) is 4.85. The number of ether oxygens (including phenoxy) is 1. The molecule has 8 heteroatoms. The van der Waals surface area contributed by atoms with E-state index in [2.05, 4.69) is 32.2 Å². The van der Waals surface area contributed by atoms with Crippen LogP contribution >= 0.6 is 11.8 Å². The molecule has 3 aromatic rings. The van der Waals surface area contributed by atoms with E-state index in [1.54, 1.807) is 7.11 Å². The van der Waals surface area contributed by atoms with Crippen molar-refractivity contribution in [1.29, 1.82) is 0 Å². The second kappa shape index (κ2) is 9.87. The number of fused-ring (bicyclic) bond motifs is 1. The topological polar surface area (TPSA) is 70.6 Å². The number of aromatic nitrogens is 2. The Bertz CT molecular complexity index is 1050. The van der Waals surface area contributed by atoms with E-state index in [0.717, 1.165) is 54.3 Å². The molecule has 0 bridgehead atoms. The highest BCUT2D eigenvalue weighted by atomic mass is 32.2. The number of para-hydroxylation sites is 3. The summed E-state index contributed by atoms with van der Waals surface area (Å²) in [5.74, 6) is 2.89. The first kappa shape index (κ1) is 21.2. The van der Waals surface area contributed by atoms with E-state index in [0.29, 0.717) is 18.1 Å². The lowest BCUT2D eigenvalue weighted by Crippen LogP contribution is -2.47. The number of amides is 1. The average Bonchev–Trinajstić information content (AvgIpc) is 2.82. The van der Waals surface area contributed by atoms with Gasteiger partial charge in [0.2, 0.25) is 5.91 Å². The Morgan fingerprint density at radius 3 is 2.52 bits per heavy atom. The van der Waals surface area contributed by atoms with E-state index in [1.807, 2.05) is 42.7 Å². The molecule has 2 aromatic carbocycles. The Morgan fingerprint density at radius 1 is 1.03 bits per heavy atom. The maximum absolute atomic E-state index is 11.9. The molecular weight excluding hydrogens is 410 g/mol. The highest BCUT2D eigenvalue weighted by Crippen LogP contribution is 2.30. The van der Waals surface area contributed by atoms with Crippen molar-refractivity contribution < 1.29 is 9.53 Å². The molecule has 7 nitrogen and oxygen atoms in total. The first-order valence-corrected chi connectivity index (χ1v) is 11.7. The Balaban J connectivity index is 1.54. The lowest BCUT2D eigenvalue weighted by molar-refractivity contribution is -0.118. The van der Waals surface area contributed by atoms with Gasteiger partial charge in [0.1, 0.15) is 11.6 Å². The smallest absolute Gasteiger partial charge is 0.230 e. The molecule has 0 radical (unpaired) electrons. The summed E-state index contributed by atoms with van der Waals surface area (Å²) in [6, 6.07) is 16.2. The number of benzene rings is 2. The van der Waals surface area contributed by atoms with Gasteiger partial charge in [-0.05, 0) is 30.5 Å². The minimum absolute atomic E-state index is 0.00349. The van der Waals surface area contributed by atoms with Gasteiger partial charge in [-0.15, -0.1) is 0 Å². The van der Waals surface area contributed by atoms with E-state index < -0.39 is 0 Å². The minimum atomic E-state index is -0.00349. The minimum Gasteiger partial charge on any atom is -0.495 e. The molecule has 0 spiro atoms. The zero-order chi connectivity index (χ0) is 21.6. The second-order valence-corrected chi connectivity index (χ2v) is 8.20. The molecule has 1 aliphatic heterocycles. The number of hydrogen-bond acceptors (Lipinski definition) is 7. The molecule has 4 rings (SSSR count). The van der Waals surface area contributed by atoms with Crippen LogP contribution in [0.5, 0.6) is 5.75 Å². The molecule has 162 valence electrons. The van der Waals surface area contributed by atoms with Gasteiger partial charge in [-0.2, -0.15) is 11.8 Å². The lowest BCUT2D eigenvalue weighted by atomic mass is 10.2. The number of piperazine rings is 1. The van der Waals surface area contributed by atoms with Crippen molar-refractivity contribution in [3.8, 4) is 5.75 Å². The molecule has 0 unspecified atom stereocenters. The van der Waals surface area contributed by atoms with E-state index in [1.165, 1.54) is 11.8 Å². The quantitative estimate of drug-likeness (QED) is 0.609. The molecule has 0 aliphatic carbocycles. The molecule has 0 atom stereocenters. The van der Waals surface area contributed by atoms with Crippen molar-refractivity contribution in [2.24, 2.45) is 0 Å². The molecule has 0 saturated carbocycles. The molecule has 1 fully saturated rings. The van der Waals surface area contributed by atoms with Gasteiger partial charge in [-0.1, -0.05) is 24.3 Å². The number of hydrogen-bond donors (Lipinski definition) is 1. The Hall–Kier alpha value is -3.00. The van der Waals surface area contributed by atoms with Crippen molar-refractivity contribution in [3.63, 3.8) is 0 Å². The van der Waals surface area contributed by atoms with Gasteiger partial charge < -0.3 is 19.9 Å². The van der Waals surface area contributed by atoms with Crippen LogP contribution in [0.4, 0.5) is 11.5 Å². The predicted molar refractivity (Wildman–Crippen MR) is 127 cm³/mol. The first-order chi connectivity index (χ1) is 15.2. The van der Waals surface area contributed by atoms with Crippen LogP contribution < -0.4 is 19.9 Å². The van der Waals surface area contributed by atoms with Crippen molar-refractivity contribution >= 4 is 40.1 Å². The summed E-state index contributed by atoms with van der Waals surface area (Å²) in [6.07, 6.45) is 1.91. The lowest BCUT2D eigenvalue weighted by Gasteiger charge is -2.37. The molecule has 1 N–H and O–H groups in total. The van der Waals surface area contributed by atoms with Crippen LogP contribution in [0.15, 0.2) is 48.5 Å². The van der Waals surface area contributed by atoms with Crippen molar-refractivity contribution in [2.75, 3.05) is 55.1 Å². The maximum Gasteiger partial charge on any atom is 0.230 e. The highest BCUT2D eigenvalue weighted by molar-refractivity contribution is 7.99. The third-order valence-electron chi connectivity index (χ3n) is 5.35. The molecular formula is C23H27N5O2S. The first-order valence-electron chi connectivity index (χ1n) is 10.3. The Labute approximate surface area is 186 Å². The standard InChI is InChI=1S/C23H27N5O2S/c1-30-20-10-6-5-9-19(20)27-11-13-28(14-12-27)23-17-7-3-4-8-18(17)25-21(26-23)15-24-22(29)16-31-2/h3-10H,11-16H2,1-2H3,(H,24,29). The fourth-order valence-electron chi connectivity index (χ4n) is 3.84. The third-order valence-corrected chi connectivity index (χ3v) is 5.90. The zero-order valence-electron chi connectivity index (χ0n) is 17.9. The summed E-state index contributed by atoms with van der Waals surface area (Å²) in [6.45, 7) is 3.77. The van der Waals surface area contributed by atoms with Gasteiger partial charge in [0.15, 0.2) is 5.82 Å². The maximum atomic E-state index is 11.9. The fourth-order valence-corrected chi connectivity index (χ4v) is 4.20. The van der Waals surface area contributed by atoms with Gasteiger partial charge in [0.25, 0.3) is 0 Å². The number of anilines is 2. The monoisotopic (exact) mass is 437 g/mol. The summed E-state index contributed by atoms with van der Waals surface area (Å²) >= 11 is 1.50. The molecule has 31 heavy (non-hydrogen) atoms. The molecule has 1 amide bonds. The number of nitrogens with one attached hydrogen (secondary N) is 1. The number of carbonyl (C=O) groups is 1. The van der Waals surface area contributed by atoms with Gasteiger partial charge in [0.05, 0.1) is 30.6 Å². The number of carbonyl (C=O) groups excluding carboxylic acids is 1. The van der Waals surface area contributed by atoms with Crippen LogP contribution in [0.1, 0.15) is 5.82 Å². The van der Waals surface area contributed by atoms with Crippen molar-refractivity contribution in [1.82, 2.24) is 15.3 Å². The molecule has 1 aliphatic rings. The predicted octanol–water partition coefficient (Wildman–Crippen LogP) is 2.94. The summed E-state index contributed by atoms with van der Waals surface area (Å²) in [7, 11) is 1.71. The molecule has 2 heterocycles. The Morgan fingerprint density at radius 2 is 1.74 bits per heavy atom. The number of thioether (sulfide) groups is 1. The largest absolute Gasteiger partial charge is 0.495 e. The van der Waals surface area contributed by atoms with E-state index >= 15 is 0 Å². The number of nitrogens with zero attached hydrogens (tertiary/aromatic N) is 4. The van der Waals surface area contributed by atoms with Gasteiger partial charge in [0, 0.05) is 31.6 Å². The molecule has 1 saturated heterocycles. The highest BCUT2D eigenvalue weighted by Gasteiger charge is 2.22. The SMILES string of the molecule is COc1ccccc1N1CCN(c2nc(CNC(=O)CSC)nc3ccccc23)CC1. The molecule has 1 aromatic heterocycles. The Kier molecular flexibility index (Phi) is 6.76. The summed E-state index contributed by atoms with van der Waals surface area (Å²) in [5.41, 5.74) is 2.02. The summed E-state index contributed by atoms with van der Waals surface area (Å²) in [4.78, 5) is 26.0. The average molecular weight is 438 g/mol. The van der Waals surface area contributed by atoms with Crippen LogP contribution in [0.25, 0.3) is 10.9 Å². The number of rotatable bonds is 7. The normalized spacial score (nSPS) is 14.0. The zero-order valence-corrected chi connectivity index (χ0v) is 18.7. The van der Waals surface area contributed by atoms with Crippen LogP contribution in [0.2, 0.25) is 0 Å². The van der Waals surface area contributed by atoms with Crippen LogP contribution in [0, 0.1) is 0 Å². The van der Waals surface area contributed by atoms with Gasteiger partial charge in [-0.25, -0.2) is 9.97 Å². The fraction of sp³-hybridized carbons (Fsp3) is 0.348. The summed E-state index contributed by atoms with van der Waals surface area (Å²) < 4.78 is 5.54. The van der Waals surface area contributed by atoms with Gasteiger partial charge in [-0.3, -0.25) is 4.79 Å². The van der Waals surface area contributed by atoms with Crippen LogP contribution in [-0.2, 0) is 11.3 Å². The van der Waals surface area contributed by atoms with E-state index in [4.69, 9.17) is 9.72 Å². The van der Waals surface area contributed by atoms with E-state index in [9.17, 15) is 4.79 Å². The summed E-state index contributed by atoms with van der Waals surface area (Å²) in [5, 5.41) is 3.95. The van der Waals surface area contributed by atoms with Gasteiger partial charge >= 0.3 is 0 Å². The van der Waals surface area contributed by atoms with Crippen LogP contribution in [0.3, 0.4) is 0 Å². The van der Waals surface area contributed by atoms with E-state index in [-0.39, 0.29) is 5.91 Å². The van der Waals surface area contributed by atoms with Crippen molar-refractivity contribution in [2.45, 2.75) is 6.54 Å². The van der Waals surface area contributed by atoms with Crippen LogP contribution in [-0.4, -0.2) is 61.2 Å². The second-order valence-electron chi connectivity index (χ2n) is 7.34. The van der Waals surface area contributed by atoms with Crippen molar-refractivity contribution in [3.05, 3.63) is 54.4 Å². The number of methoxy groups -OCH3 is 1.